The van der Waals surface area contributed by atoms with Crippen LogP contribution in [0.15, 0.2) is 18.2 Å². The molecule has 2 aliphatic rings. The quantitative estimate of drug-likeness (QED) is 0.639. The number of fused-ring (bicyclic) bond motifs is 2. The Labute approximate surface area is 116 Å². The van der Waals surface area contributed by atoms with Crippen LogP contribution in [-0.4, -0.2) is 0 Å². The second-order valence-electron chi connectivity index (χ2n) is 6.70. The summed E-state index contributed by atoms with van der Waals surface area (Å²) in [5.74, 6) is 8.75. The second kappa shape index (κ2) is 5.26. The SMILES string of the molecule is Cc1cccc(C)c1C(CC1CC2CCC1C2)NN. The fourth-order valence-electron chi connectivity index (χ4n) is 4.61. The Morgan fingerprint density at radius 2 is 1.95 bits per heavy atom. The van der Waals surface area contributed by atoms with Gasteiger partial charge in [-0.05, 0) is 74.0 Å². The number of hydrazine groups is 1. The van der Waals surface area contributed by atoms with E-state index in [9.17, 15) is 0 Å². The Balaban J connectivity index is 1.77. The van der Waals surface area contributed by atoms with Gasteiger partial charge in [-0.2, -0.15) is 0 Å². The zero-order chi connectivity index (χ0) is 13.4. The summed E-state index contributed by atoms with van der Waals surface area (Å²) in [6, 6.07) is 6.87. The van der Waals surface area contributed by atoms with E-state index in [4.69, 9.17) is 5.84 Å². The molecule has 2 aliphatic carbocycles. The van der Waals surface area contributed by atoms with E-state index in [-0.39, 0.29) is 0 Å². The highest BCUT2D eigenvalue weighted by Gasteiger charge is 2.40. The molecule has 2 bridgehead atoms. The lowest BCUT2D eigenvalue weighted by Gasteiger charge is -2.28. The van der Waals surface area contributed by atoms with Gasteiger partial charge in [0.2, 0.25) is 0 Å². The van der Waals surface area contributed by atoms with Gasteiger partial charge < -0.3 is 0 Å². The zero-order valence-electron chi connectivity index (χ0n) is 12.2. The molecule has 2 heteroatoms. The third-order valence-corrected chi connectivity index (χ3v) is 5.51. The molecule has 0 aliphatic heterocycles. The van der Waals surface area contributed by atoms with Gasteiger partial charge in [-0.1, -0.05) is 24.6 Å². The van der Waals surface area contributed by atoms with Crippen molar-refractivity contribution in [2.75, 3.05) is 0 Å². The number of benzene rings is 1. The summed E-state index contributed by atoms with van der Waals surface area (Å²) in [6.07, 6.45) is 7.07. The first kappa shape index (κ1) is 13.1. The van der Waals surface area contributed by atoms with Gasteiger partial charge in [0.25, 0.3) is 0 Å². The summed E-state index contributed by atoms with van der Waals surface area (Å²) in [7, 11) is 0. The highest BCUT2D eigenvalue weighted by Crippen LogP contribution is 2.51. The van der Waals surface area contributed by atoms with Crippen LogP contribution < -0.4 is 11.3 Å². The van der Waals surface area contributed by atoms with Crippen molar-refractivity contribution in [2.24, 2.45) is 23.6 Å². The molecule has 3 rings (SSSR count). The first-order valence-corrected chi connectivity index (χ1v) is 7.71. The normalized spacial score (nSPS) is 30.8. The molecule has 4 atom stereocenters. The van der Waals surface area contributed by atoms with Crippen molar-refractivity contribution in [1.29, 1.82) is 0 Å². The minimum absolute atomic E-state index is 0.325. The zero-order valence-corrected chi connectivity index (χ0v) is 12.2. The summed E-state index contributed by atoms with van der Waals surface area (Å²) in [6.45, 7) is 4.40. The lowest BCUT2D eigenvalue weighted by atomic mass is 9.81. The van der Waals surface area contributed by atoms with Crippen LogP contribution in [0.5, 0.6) is 0 Å². The molecule has 0 aromatic heterocycles. The number of nitrogens with two attached hydrogens (primary N) is 1. The van der Waals surface area contributed by atoms with Crippen molar-refractivity contribution in [1.82, 2.24) is 5.43 Å². The van der Waals surface area contributed by atoms with Gasteiger partial charge in [-0.25, -0.2) is 0 Å². The Hall–Kier alpha value is -0.860. The van der Waals surface area contributed by atoms with E-state index in [1.165, 1.54) is 48.8 Å². The Bertz CT molecular complexity index is 434. The van der Waals surface area contributed by atoms with Crippen molar-refractivity contribution in [3.8, 4) is 0 Å². The van der Waals surface area contributed by atoms with Crippen molar-refractivity contribution >= 4 is 0 Å². The molecule has 0 heterocycles. The van der Waals surface area contributed by atoms with Gasteiger partial charge in [0.1, 0.15) is 0 Å². The first-order chi connectivity index (χ1) is 9.19. The molecule has 1 aromatic rings. The highest BCUT2D eigenvalue weighted by molar-refractivity contribution is 5.36. The largest absolute Gasteiger partial charge is 0.271 e. The van der Waals surface area contributed by atoms with Gasteiger partial charge in [0, 0.05) is 6.04 Å². The maximum atomic E-state index is 5.87. The molecule has 2 saturated carbocycles. The number of hydrogen-bond donors (Lipinski definition) is 2. The monoisotopic (exact) mass is 258 g/mol. The first-order valence-electron chi connectivity index (χ1n) is 7.71. The summed E-state index contributed by atoms with van der Waals surface area (Å²) in [4.78, 5) is 0. The van der Waals surface area contributed by atoms with Crippen molar-refractivity contribution in [3.05, 3.63) is 34.9 Å². The summed E-state index contributed by atoms with van der Waals surface area (Å²) in [5.41, 5.74) is 7.24. The van der Waals surface area contributed by atoms with E-state index in [0.717, 1.165) is 17.8 Å². The molecule has 4 unspecified atom stereocenters. The average Bonchev–Trinajstić information content (AvgIpc) is 2.99. The van der Waals surface area contributed by atoms with Crippen LogP contribution in [0.3, 0.4) is 0 Å². The van der Waals surface area contributed by atoms with Gasteiger partial charge >= 0.3 is 0 Å². The topological polar surface area (TPSA) is 38.0 Å². The number of hydrogen-bond acceptors (Lipinski definition) is 2. The van der Waals surface area contributed by atoms with Crippen LogP contribution >= 0.6 is 0 Å². The van der Waals surface area contributed by atoms with Crippen molar-refractivity contribution in [2.45, 2.75) is 52.0 Å². The van der Waals surface area contributed by atoms with Crippen LogP contribution in [0.4, 0.5) is 0 Å². The third kappa shape index (κ3) is 2.44. The van der Waals surface area contributed by atoms with E-state index in [1.54, 1.807) is 0 Å². The van der Waals surface area contributed by atoms with Crippen LogP contribution in [0.2, 0.25) is 0 Å². The Kier molecular flexibility index (Phi) is 3.64. The van der Waals surface area contributed by atoms with Crippen LogP contribution in [0.25, 0.3) is 0 Å². The fourth-order valence-corrected chi connectivity index (χ4v) is 4.61. The highest BCUT2D eigenvalue weighted by atomic mass is 15.2. The maximum Gasteiger partial charge on any atom is 0.0468 e. The van der Waals surface area contributed by atoms with E-state index < -0.39 is 0 Å². The molecule has 0 spiro atoms. The van der Waals surface area contributed by atoms with E-state index in [1.807, 2.05) is 0 Å². The fraction of sp³-hybridized carbons (Fsp3) is 0.647. The third-order valence-electron chi connectivity index (χ3n) is 5.51. The lowest BCUT2D eigenvalue weighted by Crippen LogP contribution is -2.31. The van der Waals surface area contributed by atoms with Gasteiger partial charge in [-0.3, -0.25) is 11.3 Å². The minimum Gasteiger partial charge on any atom is -0.271 e. The molecule has 2 nitrogen and oxygen atoms in total. The van der Waals surface area contributed by atoms with Gasteiger partial charge in [-0.15, -0.1) is 0 Å². The number of nitrogens with one attached hydrogen (secondary N) is 1. The Morgan fingerprint density at radius 3 is 2.47 bits per heavy atom. The second-order valence-corrected chi connectivity index (χ2v) is 6.70. The molecule has 1 aromatic carbocycles. The molecule has 3 N–H and O–H groups in total. The molecule has 0 amide bonds. The molecule has 2 fully saturated rings. The molecule has 19 heavy (non-hydrogen) atoms. The average molecular weight is 258 g/mol. The molecule has 0 saturated heterocycles. The van der Waals surface area contributed by atoms with Crippen molar-refractivity contribution < 1.29 is 0 Å². The predicted molar refractivity (Wildman–Crippen MR) is 79.5 cm³/mol. The molecular weight excluding hydrogens is 232 g/mol. The predicted octanol–water partition coefficient (Wildman–Crippen LogP) is 3.63. The van der Waals surface area contributed by atoms with Crippen LogP contribution in [-0.2, 0) is 0 Å². The van der Waals surface area contributed by atoms with E-state index in [2.05, 4.69) is 37.5 Å². The van der Waals surface area contributed by atoms with Crippen molar-refractivity contribution in [3.63, 3.8) is 0 Å². The van der Waals surface area contributed by atoms with Gasteiger partial charge in [0.05, 0.1) is 0 Å². The number of aryl methyl sites for hydroxylation is 2. The molecular formula is C17H26N2. The molecule has 0 radical (unpaired) electrons. The standard InChI is InChI=1S/C17H26N2/c1-11-4-3-5-12(2)17(11)16(19-18)10-15-9-13-6-7-14(15)8-13/h3-5,13-16,19H,6-10,18H2,1-2H3. The smallest absolute Gasteiger partial charge is 0.0468 e. The molecule has 104 valence electrons. The van der Waals surface area contributed by atoms with E-state index >= 15 is 0 Å². The van der Waals surface area contributed by atoms with E-state index in [0.29, 0.717) is 6.04 Å². The van der Waals surface area contributed by atoms with Crippen LogP contribution in [0.1, 0.15) is 54.8 Å². The summed E-state index contributed by atoms with van der Waals surface area (Å²) < 4.78 is 0. The Morgan fingerprint density at radius 1 is 1.21 bits per heavy atom. The summed E-state index contributed by atoms with van der Waals surface area (Å²) in [5, 5.41) is 0. The van der Waals surface area contributed by atoms with Gasteiger partial charge in [0.15, 0.2) is 0 Å². The minimum atomic E-state index is 0.325. The summed E-state index contributed by atoms with van der Waals surface area (Å²) >= 11 is 0. The maximum absolute atomic E-state index is 5.87. The lowest BCUT2D eigenvalue weighted by molar-refractivity contribution is 0.279. The van der Waals surface area contributed by atoms with Crippen LogP contribution in [0, 0.1) is 31.6 Å². The number of rotatable bonds is 4.